The van der Waals surface area contributed by atoms with E-state index in [9.17, 15) is 13.2 Å². The van der Waals surface area contributed by atoms with Crippen LogP contribution in [0.25, 0.3) is 0 Å². The zero-order valence-corrected chi connectivity index (χ0v) is 11.7. The molecule has 2 aliphatic rings. The SMILES string of the molecule is O=C(NC1C=CS(=O)(=O)C1)C1CNc2ccccc2C1. The minimum absolute atomic E-state index is 0.0323. The summed E-state index contributed by atoms with van der Waals surface area (Å²) in [5.41, 5.74) is 2.19. The van der Waals surface area contributed by atoms with Gasteiger partial charge < -0.3 is 10.6 Å². The lowest BCUT2D eigenvalue weighted by atomic mass is 9.93. The standard InChI is InChI=1S/C14H16N2O3S/c17-14(16-12-5-6-20(18,19)9-12)11-7-10-3-1-2-4-13(10)15-8-11/h1-6,11-12,15H,7-9H2,(H,16,17). The van der Waals surface area contributed by atoms with E-state index < -0.39 is 15.9 Å². The zero-order chi connectivity index (χ0) is 14.2. The fraction of sp³-hybridized carbons (Fsp3) is 0.357. The first-order valence-electron chi connectivity index (χ1n) is 6.57. The minimum Gasteiger partial charge on any atom is -0.384 e. The van der Waals surface area contributed by atoms with Crippen LogP contribution in [0, 0.1) is 5.92 Å². The molecule has 0 fully saturated rings. The zero-order valence-electron chi connectivity index (χ0n) is 10.9. The number of nitrogens with one attached hydrogen (secondary N) is 2. The molecule has 1 aromatic carbocycles. The Labute approximate surface area is 118 Å². The summed E-state index contributed by atoms with van der Waals surface area (Å²) >= 11 is 0. The number of rotatable bonds is 2. The second-order valence-corrected chi connectivity index (χ2v) is 7.14. The average Bonchev–Trinajstić information content (AvgIpc) is 2.77. The highest BCUT2D eigenvalue weighted by Gasteiger charge is 2.28. The van der Waals surface area contributed by atoms with E-state index in [1.165, 1.54) is 11.5 Å². The Bertz CT molecular complexity index is 667. The Balaban J connectivity index is 1.64. The van der Waals surface area contributed by atoms with Crippen molar-refractivity contribution in [1.82, 2.24) is 5.32 Å². The summed E-state index contributed by atoms with van der Waals surface area (Å²) in [5.74, 6) is -0.296. The first kappa shape index (κ1) is 13.2. The van der Waals surface area contributed by atoms with Crippen molar-refractivity contribution in [2.24, 2.45) is 5.92 Å². The molecule has 1 aromatic rings. The molecule has 2 atom stereocenters. The summed E-state index contributed by atoms with van der Waals surface area (Å²) in [4.78, 5) is 12.2. The number of para-hydroxylation sites is 1. The molecule has 2 heterocycles. The van der Waals surface area contributed by atoms with E-state index in [2.05, 4.69) is 10.6 Å². The Morgan fingerprint density at radius 2 is 2.10 bits per heavy atom. The molecule has 0 spiro atoms. The number of hydrogen-bond donors (Lipinski definition) is 2. The van der Waals surface area contributed by atoms with Gasteiger partial charge in [0.25, 0.3) is 0 Å². The molecule has 0 saturated carbocycles. The monoisotopic (exact) mass is 292 g/mol. The van der Waals surface area contributed by atoms with Crippen LogP contribution in [0.1, 0.15) is 5.56 Å². The molecule has 0 bridgehead atoms. The Morgan fingerprint density at radius 1 is 1.30 bits per heavy atom. The van der Waals surface area contributed by atoms with Gasteiger partial charge in [0.1, 0.15) is 0 Å². The number of fused-ring (bicyclic) bond motifs is 1. The van der Waals surface area contributed by atoms with Crippen LogP contribution in [0.5, 0.6) is 0 Å². The normalized spacial score (nSPS) is 26.6. The molecule has 1 amide bonds. The van der Waals surface area contributed by atoms with Crippen molar-refractivity contribution in [2.45, 2.75) is 12.5 Å². The van der Waals surface area contributed by atoms with Gasteiger partial charge in [0.2, 0.25) is 5.91 Å². The summed E-state index contributed by atoms with van der Waals surface area (Å²) < 4.78 is 22.6. The highest BCUT2D eigenvalue weighted by Crippen LogP contribution is 2.24. The highest BCUT2D eigenvalue weighted by atomic mass is 32.2. The quantitative estimate of drug-likeness (QED) is 0.841. The Kier molecular flexibility index (Phi) is 3.25. The number of benzene rings is 1. The molecule has 6 heteroatoms. The molecule has 0 saturated heterocycles. The smallest absolute Gasteiger partial charge is 0.225 e. The number of amides is 1. The van der Waals surface area contributed by atoms with E-state index in [-0.39, 0.29) is 17.6 Å². The van der Waals surface area contributed by atoms with Crippen molar-refractivity contribution < 1.29 is 13.2 Å². The van der Waals surface area contributed by atoms with E-state index in [4.69, 9.17) is 0 Å². The summed E-state index contributed by atoms with van der Waals surface area (Å²) in [6, 6.07) is 7.51. The molecule has 0 aliphatic carbocycles. The minimum atomic E-state index is -3.13. The van der Waals surface area contributed by atoms with Crippen molar-refractivity contribution >= 4 is 21.4 Å². The highest BCUT2D eigenvalue weighted by molar-refractivity contribution is 7.94. The number of anilines is 1. The summed E-state index contributed by atoms with van der Waals surface area (Å²) in [7, 11) is -3.13. The molecule has 0 aromatic heterocycles. The number of carbonyl (C=O) groups is 1. The predicted molar refractivity (Wildman–Crippen MR) is 77.0 cm³/mol. The molecule has 3 rings (SSSR count). The number of sulfone groups is 1. The van der Waals surface area contributed by atoms with Gasteiger partial charge in [0.15, 0.2) is 9.84 Å². The van der Waals surface area contributed by atoms with Gasteiger partial charge in [0, 0.05) is 17.6 Å². The first-order valence-corrected chi connectivity index (χ1v) is 8.28. The van der Waals surface area contributed by atoms with Crippen molar-refractivity contribution in [2.75, 3.05) is 17.6 Å². The Hall–Kier alpha value is -1.82. The van der Waals surface area contributed by atoms with Crippen molar-refractivity contribution in [3.05, 3.63) is 41.3 Å². The van der Waals surface area contributed by atoms with Gasteiger partial charge in [0.05, 0.1) is 17.7 Å². The maximum atomic E-state index is 12.2. The second-order valence-electron chi connectivity index (χ2n) is 5.21. The Morgan fingerprint density at radius 3 is 2.85 bits per heavy atom. The van der Waals surface area contributed by atoms with Crippen LogP contribution in [-0.2, 0) is 21.1 Å². The average molecular weight is 292 g/mol. The number of carbonyl (C=O) groups excluding carboxylic acids is 1. The molecule has 2 aliphatic heterocycles. The molecular formula is C14H16N2O3S. The van der Waals surface area contributed by atoms with Crippen LogP contribution < -0.4 is 10.6 Å². The van der Waals surface area contributed by atoms with Gasteiger partial charge in [-0.25, -0.2) is 8.42 Å². The van der Waals surface area contributed by atoms with E-state index in [0.717, 1.165) is 11.3 Å². The van der Waals surface area contributed by atoms with E-state index in [1.54, 1.807) is 0 Å². The van der Waals surface area contributed by atoms with Crippen LogP contribution in [0.15, 0.2) is 35.7 Å². The van der Waals surface area contributed by atoms with Crippen LogP contribution in [0.4, 0.5) is 5.69 Å². The molecular weight excluding hydrogens is 276 g/mol. The fourth-order valence-corrected chi connectivity index (χ4v) is 3.83. The third-order valence-corrected chi connectivity index (χ3v) is 5.05. The van der Waals surface area contributed by atoms with Crippen LogP contribution in [0.3, 0.4) is 0 Å². The predicted octanol–water partition coefficient (Wildman–Crippen LogP) is 0.698. The van der Waals surface area contributed by atoms with Gasteiger partial charge in [-0.1, -0.05) is 18.2 Å². The van der Waals surface area contributed by atoms with Crippen molar-refractivity contribution in [1.29, 1.82) is 0 Å². The van der Waals surface area contributed by atoms with Gasteiger partial charge in [-0.15, -0.1) is 0 Å². The third kappa shape index (κ3) is 2.70. The van der Waals surface area contributed by atoms with Gasteiger partial charge in [-0.2, -0.15) is 0 Å². The first-order chi connectivity index (χ1) is 9.53. The lowest BCUT2D eigenvalue weighted by Gasteiger charge is -2.26. The topological polar surface area (TPSA) is 75.3 Å². The van der Waals surface area contributed by atoms with E-state index in [1.807, 2.05) is 24.3 Å². The van der Waals surface area contributed by atoms with Crippen LogP contribution in [-0.4, -0.2) is 32.7 Å². The van der Waals surface area contributed by atoms with Crippen molar-refractivity contribution in [3.63, 3.8) is 0 Å². The maximum absolute atomic E-state index is 12.2. The summed E-state index contributed by atoms with van der Waals surface area (Å²) in [6.45, 7) is 0.575. The molecule has 2 N–H and O–H groups in total. The molecule has 5 nitrogen and oxygen atoms in total. The van der Waals surface area contributed by atoms with E-state index >= 15 is 0 Å². The van der Waals surface area contributed by atoms with Gasteiger partial charge >= 0.3 is 0 Å². The van der Waals surface area contributed by atoms with Gasteiger partial charge in [-0.05, 0) is 24.1 Å². The lowest BCUT2D eigenvalue weighted by Crippen LogP contribution is -2.43. The van der Waals surface area contributed by atoms with Gasteiger partial charge in [-0.3, -0.25) is 4.79 Å². The largest absolute Gasteiger partial charge is 0.384 e. The summed E-state index contributed by atoms with van der Waals surface area (Å²) in [6.07, 6.45) is 2.22. The van der Waals surface area contributed by atoms with E-state index in [0.29, 0.717) is 13.0 Å². The second kappa shape index (κ2) is 4.94. The lowest BCUT2D eigenvalue weighted by molar-refractivity contribution is -0.124. The molecule has 106 valence electrons. The molecule has 20 heavy (non-hydrogen) atoms. The maximum Gasteiger partial charge on any atom is 0.225 e. The third-order valence-electron chi connectivity index (χ3n) is 3.65. The van der Waals surface area contributed by atoms with Crippen LogP contribution in [0.2, 0.25) is 0 Å². The van der Waals surface area contributed by atoms with Crippen LogP contribution >= 0.6 is 0 Å². The molecule has 0 radical (unpaired) electrons. The molecule has 2 unspecified atom stereocenters. The van der Waals surface area contributed by atoms with Crippen molar-refractivity contribution in [3.8, 4) is 0 Å². The number of hydrogen-bond acceptors (Lipinski definition) is 4. The summed E-state index contributed by atoms with van der Waals surface area (Å²) in [5, 5.41) is 7.20. The fourth-order valence-electron chi connectivity index (χ4n) is 2.59.